The van der Waals surface area contributed by atoms with Crippen LogP contribution in [-0.2, 0) is 0 Å². The summed E-state index contributed by atoms with van der Waals surface area (Å²) in [6.45, 7) is 3.57. The van der Waals surface area contributed by atoms with Gasteiger partial charge in [0.2, 0.25) is 0 Å². The zero-order valence-corrected chi connectivity index (χ0v) is 10.0. The van der Waals surface area contributed by atoms with Crippen molar-refractivity contribution in [3.05, 3.63) is 29.8 Å². The van der Waals surface area contributed by atoms with Crippen LogP contribution in [0.2, 0.25) is 0 Å². The third kappa shape index (κ3) is 2.75. The third-order valence-electron chi connectivity index (χ3n) is 3.38. The van der Waals surface area contributed by atoms with Gasteiger partial charge in [0.1, 0.15) is 5.75 Å². The van der Waals surface area contributed by atoms with Gasteiger partial charge >= 0.3 is 6.61 Å². The Labute approximate surface area is 100.0 Å². The summed E-state index contributed by atoms with van der Waals surface area (Å²) in [6.07, 6.45) is 0. The number of ether oxygens (including phenoxy) is 1. The fourth-order valence-corrected chi connectivity index (χ4v) is 2.39. The molecule has 0 aliphatic carbocycles. The van der Waals surface area contributed by atoms with Crippen LogP contribution in [0.1, 0.15) is 25.3 Å². The number of nitrogens with one attached hydrogen (secondary N) is 1. The SMILES string of the molecule is CC1(C)CNCC1c1ccc(OC(F)F)cc1. The van der Waals surface area contributed by atoms with Crippen molar-refractivity contribution in [1.82, 2.24) is 5.32 Å². The minimum absolute atomic E-state index is 0.199. The largest absolute Gasteiger partial charge is 0.435 e. The monoisotopic (exact) mass is 241 g/mol. The van der Waals surface area contributed by atoms with Gasteiger partial charge in [-0.15, -0.1) is 0 Å². The molecule has 4 heteroatoms. The lowest BCUT2D eigenvalue weighted by atomic mass is 9.78. The summed E-state index contributed by atoms with van der Waals surface area (Å²) in [5.74, 6) is 0.635. The summed E-state index contributed by atoms with van der Waals surface area (Å²) in [7, 11) is 0. The Hall–Kier alpha value is -1.16. The van der Waals surface area contributed by atoms with Crippen LogP contribution in [0.25, 0.3) is 0 Å². The van der Waals surface area contributed by atoms with Gasteiger partial charge in [0.05, 0.1) is 0 Å². The molecular formula is C13H17F2NO. The van der Waals surface area contributed by atoms with Gasteiger partial charge in [-0.2, -0.15) is 8.78 Å². The van der Waals surface area contributed by atoms with E-state index in [9.17, 15) is 8.78 Å². The first-order chi connectivity index (χ1) is 7.99. The lowest BCUT2D eigenvalue weighted by Gasteiger charge is -2.26. The van der Waals surface area contributed by atoms with E-state index in [0.29, 0.717) is 5.92 Å². The van der Waals surface area contributed by atoms with Gasteiger partial charge in [-0.25, -0.2) is 0 Å². The van der Waals surface area contributed by atoms with E-state index in [1.54, 1.807) is 12.1 Å². The van der Waals surface area contributed by atoms with E-state index >= 15 is 0 Å². The Morgan fingerprint density at radius 2 is 1.94 bits per heavy atom. The molecule has 1 aliphatic heterocycles. The summed E-state index contributed by atoms with van der Waals surface area (Å²) in [5.41, 5.74) is 1.37. The molecule has 0 amide bonds. The van der Waals surface area contributed by atoms with E-state index in [2.05, 4.69) is 23.9 Å². The molecule has 2 rings (SSSR count). The first kappa shape index (κ1) is 12.3. The van der Waals surface area contributed by atoms with Crippen molar-refractivity contribution in [2.24, 2.45) is 5.41 Å². The maximum Gasteiger partial charge on any atom is 0.387 e. The van der Waals surface area contributed by atoms with Crippen LogP contribution in [0.3, 0.4) is 0 Å². The summed E-state index contributed by atoms with van der Waals surface area (Å²) in [4.78, 5) is 0. The number of alkyl halides is 2. The molecule has 1 aromatic rings. The van der Waals surface area contributed by atoms with Crippen LogP contribution >= 0.6 is 0 Å². The third-order valence-corrected chi connectivity index (χ3v) is 3.38. The highest BCUT2D eigenvalue weighted by molar-refractivity contribution is 5.31. The molecule has 0 aromatic heterocycles. The van der Waals surface area contributed by atoms with Gasteiger partial charge in [0.25, 0.3) is 0 Å². The molecule has 1 fully saturated rings. The number of halogens is 2. The minimum Gasteiger partial charge on any atom is -0.435 e. The zero-order valence-electron chi connectivity index (χ0n) is 10.0. The Morgan fingerprint density at radius 3 is 2.41 bits per heavy atom. The van der Waals surface area contributed by atoms with Crippen molar-refractivity contribution in [2.75, 3.05) is 13.1 Å². The Kier molecular flexibility index (Phi) is 3.33. The summed E-state index contributed by atoms with van der Waals surface area (Å²) < 4.78 is 28.4. The molecule has 0 radical (unpaired) electrons. The maximum absolute atomic E-state index is 12.0. The highest BCUT2D eigenvalue weighted by Gasteiger charge is 2.35. The molecule has 94 valence electrons. The maximum atomic E-state index is 12.0. The van der Waals surface area contributed by atoms with Gasteiger partial charge in [-0.3, -0.25) is 0 Å². The van der Waals surface area contributed by atoms with Gasteiger partial charge in [0, 0.05) is 19.0 Å². The van der Waals surface area contributed by atoms with Crippen molar-refractivity contribution >= 4 is 0 Å². The normalized spacial score (nSPS) is 23.0. The van der Waals surface area contributed by atoms with Crippen LogP contribution in [0.15, 0.2) is 24.3 Å². The van der Waals surface area contributed by atoms with Gasteiger partial charge in [0.15, 0.2) is 0 Å². The van der Waals surface area contributed by atoms with Crippen molar-refractivity contribution in [1.29, 1.82) is 0 Å². The molecule has 1 aromatic carbocycles. The molecule has 1 unspecified atom stereocenters. The lowest BCUT2D eigenvalue weighted by molar-refractivity contribution is -0.0498. The molecule has 1 saturated heterocycles. The van der Waals surface area contributed by atoms with Crippen molar-refractivity contribution < 1.29 is 13.5 Å². The predicted octanol–water partition coefficient (Wildman–Crippen LogP) is 3.00. The standard InChI is InChI=1S/C13H17F2NO/c1-13(2)8-16-7-11(13)9-3-5-10(6-4-9)17-12(14)15/h3-6,11-12,16H,7-8H2,1-2H3. The smallest absolute Gasteiger partial charge is 0.387 e. The molecule has 0 bridgehead atoms. The van der Waals surface area contributed by atoms with E-state index in [-0.39, 0.29) is 11.2 Å². The van der Waals surface area contributed by atoms with E-state index in [1.165, 1.54) is 5.56 Å². The van der Waals surface area contributed by atoms with Gasteiger partial charge < -0.3 is 10.1 Å². The zero-order chi connectivity index (χ0) is 12.5. The highest BCUT2D eigenvalue weighted by atomic mass is 19.3. The average molecular weight is 241 g/mol. The summed E-state index contributed by atoms with van der Waals surface area (Å²) in [5, 5.41) is 3.36. The predicted molar refractivity (Wildman–Crippen MR) is 62.5 cm³/mol. The molecule has 17 heavy (non-hydrogen) atoms. The molecule has 1 N–H and O–H groups in total. The van der Waals surface area contributed by atoms with E-state index in [1.807, 2.05) is 12.1 Å². The second-order valence-corrected chi connectivity index (χ2v) is 5.12. The van der Waals surface area contributed by atoms with Crippen LogP contribution in [-0.4, -0.2) is 19.7 Å². The fraction of sp³-hybridized carbons (Fsp3) is 0.538. The fourth-order valence-electron chi connectivity index (χ4n) is 2.39. The quantitative estimate of drug-likeness (QED) is 0.878. The van der Waals surface area contributed by atoms with Crippen molar-refractivity contribution in [3.63, 3.8) is 0 Å². The number of benzene rings is 1. The minimum atomic E-state index is -2.76. The van der Waals surface area contributed by atoms with Gasteiger partial charge in [-0.1, -0.05) is 26.0 Å². The molecule has 0 saturated carbocycles. The summed E-state index contributed by atoms with van der Waals surface area (Å²) >= 11 is 0. The molecule has 1 heterocycles. The average Bonchev–Trinajstić information content (AvgIpc) is 2.58. The molecule has 2 nitrogen and oxygen atoms in total. The lowest BCUT2D eigenvalue weighted by Crippen LogP contribution is -2.20. The van der Waals surface area contributed by atoms with E-state index in [0.717, 1.165) is 13.1 Å². The van der Waals surface area contributed by atoms with Crippen LogP contribution in [0.4, 0.5) is 8.78 Å². The Bertz CT molecular complexity index is 376. The molecular weight excluding hydrogens is 224 g/mol. The molecule has 0 spiro atoms. The van der Waals surface area contributed by atoms with E-state index in [4.69, 9.17) is 0 Å². The van der Waals surface area contributed by atoms with Crippen LogP contribution < -0.4 is 10.1 Å². The van der Waals surface area contributed by atoms with Crippen LogP contribution in [0, 0.1) is 5.41 Å². The first-order valence-electron chi connectivity index (χ1n) is 5.74. The van der Waals surface area contributed by atoms with Gasteiger partial charge in [-0.05, 0) is 23.1 Å². The second-order valence-electron chi connectivity index (χ2n) is 5.12. The number of rotatable bonds is 3. The highest BCUT2D eigenvalue weighted by Crippen LogP contribution is 2.38. The number of hydrogen-bond acceptors (Lipinski definition) is 2. The Morgan fingerprint density at radius 1 is 1.29 bits per heavy atom. The number of hydrogen-bond donors (Lipinski definition) is 1. The Balaban J connectivity index is 2.12. The molecule has 1 aliphatic rings. The van der Waals surface area contributed by atoms with Crippen molar-refractivity contribution in [3.8, 4) is 5.75 Å². The molecule has 1 atom stereocenters. The van der Waals surface area contributed by atoms with Crippen LogP contribution in [0.5, 0.6) is 5.75 Å². The summed E-state index contributed by atoms with van der Waals surface area (Å²) in [6, 6.07) is 6.96. The second kappa shape index (κ2) is 4.61. The topological polar surface area (TPSA) is 21.3 Å². The first-order valence-corrected chi connectivity index (χ1v) is 5.74. The van der Waals surface area contributed by atoms with E-state index < -0.39 is 6.61 Å². The van der Waals surface area contributed by atoms with Crippen molar-refractivity contribution in [2.45, 2.75) is 26.4 Å².